The van der Waals surface area contributed by atoms with E-state index in [4.69, 9.17) is 9.97 Å². The third kappa shape index (κ3) is 4.39. The predicted molar refractivity (Wildman–Crippen MR) is 123 cm³/mol. The van der Waals surface area contributed by atoms with E-state index < -0.39 is 0 Å². The van der Waals surface area contributed by atoms with Gasteiger partial charge in [0.1, 0.15) is 5.52 Å². The van der Waals surface area contributed by atoms with Crippen LogP contribution < -0.4 is 5.32 Å². The summed E-state index contributed by atoms with van der Waals surface area (Å²) in [5.41, 5.74) is 3.18. The number of nitrogens with zero attached hydrogens (tertiary/aromatic N) is 6. The number of fused-ring (bicyclic) bond motifs is 1. The first-order valence-electron chi connectivity index (χ1n) is 11.0. The first kappa shape index (κ1) is 21.2. The molecule has 31 heavy (non-hydrogen) atoms. The molecule has 164 valence electrons. The number of likely N-dealkylation sites (N-methyl/N-ethyl adjacent to an activating group) is 1. The fraction of sp³-hybridized carbons (Fsp3) is 0.478. The number of benzene rings is 1. The molecular formula is C23H31N7O. The molecule has 4 rings (SSSR count). The van der Waals surface area contributed by atoms with Gasteiger partial charge in [0.15, 0.2) is 17.3 Å². The summed E-state index contributed by atoms with van der Waals surface area (Å²) >= 11 is 0. The Kier molecular flexibility index (Phi) is 6.18. The minimum atomic E-state index is 0.0826. The van der Waals surface area contributed by atoms with Gasteiger partial charge in [0.25, 0.3) is 5.91 Å². The van der Waals surface area contributed by atoms with Crippen LogP contribution in [0.5, 0.6) is 0 Å². The number of carbonyl (C=O) groups excluding carboxylic acids is 1. The van der Waals surface area contributed by atoms with E-state index >= 15 is 0 Å². The van der Waals surface area contributed by atoms with E-state index in [9.17, 15) is 4.79 Å². The van der Waals surface area contributed by atoms with E-state index in [0.717, 1.165) is 61.7 Å². The summed E-state index contributed by atoms with van der Waals surface area (Å²) in [7, 11) is 2.09. The Hall–Kier alpha value is -3.00. The molecule has 1 amide bonds. The normalized spacial score (nSPS) is 15.1. The number of piperazine rings is 1. The molecule has 0 saturated carbocycles. The Morgan fingerprint density at radius 1 is 1.10 bits per heavy atom. The van der Waals surface area contributed by atoms with E-state index in [1.165, 1.54) is 0 Å². The smallest absolute Gasteiger partial charge is 0.253 e. The van der Waals surface area contributed by atoms with Crippen molar-refractivity contribution in [2.24, 2.45) is 0 Å². The predicted octanol–water partition coefficient (Wildman–Crippen LogP) is 3.28. The topological polar surface area (TPSA) is 79.2 Å². The number of hydrogen-bond donors (Lipinski definition) is 1. The largest absolute Gasteiger partial charge is 0.368 e. The third-order valence-corrected chi connectivity index (χ3v) is 5.70. The lowest BCUT2D eigenvalue weighted by Crippen LogP contribution is -2.47. The zero-order valence-corrected chi connectivity index (χ0v) is 18.8. The van der Waals surface area contributed by atoms with Gasteiger partial charge in [-0.25, -0.2) is 15.0 Å². The zero-order chi connectivity index (χ0) is 22.0. The number of imidazole rings is 1. The minimum absolute atomic E-state index is 0.0826. The molecule has 0 atom stereocenters. The van der Waals surface area contributed by atoms with Gasteiger partial charge in [-0.05, 0) is 39.4 Å². The molecule has 2 aromatic heterocycles. The number of hydrogen-bond acceptors (Lipinski definition) is 6. The van der Waals surface area contributed by atoms with E-state index in [1.807, 2.05) is 35.5 Å². The van der Waals surface area contributed by atoms with Gasteiger partial charge in [-0.15, -0.1) is 0 Å². The summed E-state index contributed by atoms with van der Waals surface area (Å²) in [6.45, 7) is 10.5. The molecule has 0 unspecified atom stereocenters. The van der Waals surface area contributed by atoms with Crippen molar-refractivity contribution in [2.75, 3.05) is 45.1 Å². The van der Waals surface area contributed by atoms with Crippen LogP contribution in [0.25, 0.3) is 22.6 Å². The molecule has 1 saturated heterocycles. The molecule has 1 aromatic carbocycles. The lowest BCUT2D eigenvalue weighted by molar-refractivity contribution is 0.0664. The highest BCUT2D eigenvalue weighted by Crippen LogP contribution is 2.26. The Labute approximate surface area is 183 Å². The summed E-state index contributed by atoms with van der Waals surface area (Å²) in [6.07, 6.45) is 2.82. The van der Waals surface area contributed by atoms with E-state index in [2.05, 4.69) is 47.6 Å². The molecule has 0 aliphatic carbocycles. The third-order valence-electron chi connectivity index (χ3n) is 5.70. The summed E-state index contributed by atoms with van der Waals surface area (Å²) in [4.78, 5) is 31.1. The van der Waals surface area contributed by atoms with Crippen LogP contribution in [0.4, 0.5) is 5.82 Å². The fourth-order valence-electron chi connectivity index (χ4n) is 3.74. The maximum atomic E-state index is 12.8. The van der Waals surface area contributed by atoms with Crippen molar-refractivity contribution < 1.29 is 4.79 Å². The number of carbonyl (C=O) groups is 1. The van der Waals surface area contributed by atoms with Gasteiger partial charge in [0.05, 0.1) is 6.33 Å². The highest BCUT2D eigenvalue weighted by molar-refractivity contribution is 5.95. The molecule has 3 aromatic rings. The molecule has 1 aliphatic heterocycles. The minimum Gasteiger partial charge on any atom is -0.368 e. The molecule has 0 bridgehead atoms. The number of aromatic nitrogens is 4. The van der Waals surface area contributed by atoms with Gasteiger partial charge in [-0.2, -0.15) is 0 Å². The maximum Gasteiger partial charge on any atom is 0.253 e. The highest BCUT2D eigenvalue weighted by atomic mass is 16.2. The number of nitrogens with one attached hydrogen (secondary N) is 1. The van der Waals surface area contributed by atoms with E-state index in [0.29, 0.717) is 11.4 Å². The van der Waals surface area contributed by atoms with Gasteiger partial charge >= 0.3 is 0 Å². The summed E-state index contributed by atoms with van der Waals surface area (Å²) in [5.74, 6) is 1.46. The molecular weight excluding hydrogens is 390 g/mol. The summed E-state index contributed by atoms with van der Waals surface area (Å²) in [5, 5.41) is 3.38. The molecule has 1 aliphatic rings. The summed E-state index contributed by atoms with van der Waals surface area (Å²) < 4.78 is 2.06. The Balaban J connectivity index is 1.64. The fourth-order valence-corrected chi connectivity index (χ4v) is 3.74. The first-order valence-corrected chi connectivity index (χ1v) is 11.0. The molecule has 1 N–H and O–H groups in total. The monoisotopic (exact) mass is 421 g/mol. The highest BCUT2D eigenvalue weighted by Gasteiger charge is 2.21. The molecule has 8 heteroatoms. The van der Waals surface area contributed by atoms with Crippen molar-refractivity contribution in [1.29, 1.82) is 0 Å². The van der Waals surface area contributed by atoms with Crippen molar-refractivity contribution in [2.45, 2.75) is 33.2 Å². The van der Waals surface area contributed by atoms with Crippen LogP contribution in [-0.2, 0) is 0 Å². The maximum absolute atomic E-state index is 12.8. The Morgan fingerprint density at radius 2 is 1.81 bits per heavy atom. The van der Waals surface area contributed by atoms with Crippen molar-refractivity contribution >= 4 is 22.9 Å². The molecule has 8 nitrogen and oxygen atoms in total. The van der Waals surface area contributed by atoms with E-state index in [-0.39, 0.29) is 11.9 Å². The zero-order valence-electron chi connectivity index (χ0n) is 18.8. The lowest BCUT2D eigenvalue weighted by atomic mass is 10.1. The van der Waals surface area contributed by atoms with Crippen molar-refractivity contribution in [3.8, 4) is 11.4 Å². The second kappa shape index (κ2) is 9.01. The number of rotatable bonds is 6. The van der Waals surface area contributed by atoms with Crippen LogP contribution >= 0.6 is 0 Å². The van der Waals surface area contributed by atoms with Gasteiger partial charge in [0.2, 0.25) is 0 Å². The van der Waals surface area contributed by atoms with Crippen molar-refractivity contribution in [3.63, 3.8) is 0 Å². The average molecular weight is 422 g/mol. The Bertz CT molecular complexity index is 1050. The van der Waals surface area contributed by atoms with Crippen LogP contribution in [0.3, 0.4) is 0 Å². The van der Waals surface area contributed by atoms with Gasteiger partial charge in [0, 0.05) is 49.9 Å². The molecule has 3 heterocycles. The van der Waals surface area contributed by atoms with E-state index in [1.54, 1.807) is 0 Å². The SMILES string of the molecule is CCCNc1nc(-c2ccc(C(=O)N3CCN(C)CC3)cc2)nc2c1ncn2C(C)C. The molecule has 0 radical (unpaired) electrons. The van der Waals surface area contributed by atoms with Crippen LogP contribution in [0, 0.1) is 0 Å². The molecule has 1 fully saturated rings. The van der Waals surface area contributed by atoms with Crippen LogP contribution in [0.2, 0.25) is 0 Å². The quantitative estimate of drug-likeness (QED) is 0.658. The average Bonchev–Trinajstić information content (AvgIpc) is 3.22. The standard InChI is InChI=1S/C23H31N7O/c1-5-10-24-21-19-22(30(15-25-19)16(2)3)27-20(26-21)17-6-8-18(9-7-17)23(31)29-13-11-28(4)12-14-29/h6-9,15-16H,5,10-14H2,1-4H3,(H,24,26,27). The van der Waals surface area contributed by atoms with Gasteiger partial charge in [-0.1, -0.05) is 19.1 Å². The number of anilines is 1. The molecule has 0 spiro atoms. The van der Waals surface area contributed by atoms with Gasteiger partial charge in [-0.3, -0.25) is 4.79 Å². The first-order chi connectivity index (χ1) is 15.0. The van der Waals surface area contributed by atoms with Crippen LogP contribution in [0.15, 0.2) is 30.6 Å². The van der Waals surface area contributed by atoms with Crippen molar-refractivity contribution in [1.82, 2.24) is 29.3 Å². The second-order valence-corrected chi connectivity index (χ2v) is 8.41. The number of amides is 1. The van der Waals surface area contributed by atoms with Crippen molar-refractivity contribution in [3.05, 3.63) is 36.2 Å². The van der Waals surface area contributed by atoms with Gasteiger partial charge < -0.3 is 19.7 Å². The lowest BCUT2D eigenvalue weighted by Gasteiger charge is -2.32. The van der Waals surface area contributed by atoms with Crippen LogP contribution in [-0.4, -0.2) is 75.0 Å². The second-order valence-electron chi connectivity index (χ2n) is 8.41. The Morgan fingerprint density at radius 3 is 2.45 bits per heavy atom. The van der Waals surface area contributed by atoms with Crippen LogP contribution in [0.1, 0.15) is 43.6 Å². The summed E-state index contributed by atoms with van der Waals surface area (Å²) in [6, 6.07) is 7.87.